The Labute approximate surface area is 213 Å². The van der Waals surface area contributed by atoms with Gasteiger partial charge in [-0.1, -0.05) is 19.1 Å². The van der Waals surface area contributed by atoms with Crippen molar-refractivity contribution in [3.05, 3.63) is 48.0 Å². The quantitative estimate of drug-likeness (QED) is 0.498. The van der Waals surface area contributed by atoms with E-state index < -0.39 is 10.0 Å². The first-order valence-corrected chi connectivity index (χ1v) is 14.4. The molecule has 1 aromatic heterocycles. The number of fused-ring (bicyclic) bond motifs is 1. The predicted molar refractivity (Wildman–Crippen MR) is 146 cm³/mol. The zero-order valence-electron chi connectivity index (χ0n) is 21.0. The van der Waals surface area contributed by atoms with Gasteiger partial charge in [0.1, 0.15) is 0 Å². The van der Waals surface area contributed by atoms with Gasteiger partial charge in [0, 0.05) is 54.4 Å². The first-order chi connectivity index (χ1) is 17.3. The topological polar surface area (TPSA) is 101 Å². The molecule has 1 aliphatic carbocycles. The number of carbonyl (C=O) groups excluding carboxylic acids is 1. The fourth-order valence-electron chi connectivity index (χ4n) is 5.18. The molecule has 3 N–H and O–H groups in total. The summed E-state index contributed by atoms with van der Waals surface area (Å²) in [5, 5.41) is 0.944. The summed E-state index contributed by atoms with van der Waals surface area (Å²) in [6.45, 7) is 5.08. The fraction of sp³-hybridized carbons (Fsp3) is 0.444. The van der Waals surface area contributed by atoms with E-state index in [4.69, 9.17) is 5.73 Å². The third kappa shape index (κ3) is 4.69. The minimum atomic E-state index is -3.35. The minimum Gasteiger partial charge on any atom is -0.396 e. The van der Waals surface area contributed by atoms with E-state index >= 15 is 0 Å². The van der Waals surface area contributed by atoms with Crippen molar-refractivity contribution in [3.63, 3.8) is 0 Å². The molecule has 0 radical (unpaired) electrons. The van der Waals surface area contributed by atoms with E-state index in [1.807, 2.05) is 42.2 Å². The first kappa shape index (κ1) is 24.6. The van der Waals surface area contributed by atoms with E-state index in [0.29, 0.717) is 29.4 Å². The molecule has 36 heavy (non-hydrogen) atoms. The number of piperazine rings is 1. The van der Waals surface area contributed by atoms with E-state index in [9.17, 15) is 13.2 Å². The highest BCUT2D eigenvalue weighted by Gasteiger charge is 2.28. The second kappa shape index (κ2) is 9.78. The highest BCUT2D eigenvalue weighted by atomic mass is 32.2. The number of nitrogens with two attached hydrogens (primary N) is 1. The molecule has 3 aromatic rings. The Morgan fingerprint density at radius 2 is 1.75 bits per heavy atom. The summed E-state index contributed by atoms with van der Waals surface area (Å²) in [4.78, 5) is 17.5. The normalized spacial score (nSPS) is 17.3. The Morgan fingerprint density at radius 3 is 2.36 bits per heavy atom. The summed E-state index contributed by atoms with van der Waals surface area (Å²) in [7, 11) is -1.27. The van der Waals surface area contributed by atoms with Gasteiger partial charge in [-0.05, 0) is 63.1 Å². The summed E-state index contributed by atoms with van der Waals surface area (Å²) in [5.74, 6) is 0.155. The van der Waals surface area contributed by atoms with Gasteiger partial charge in [0.05, 0.1) is 22.7 Å². The summed E-state index contributed by atoms with van der Waals surface area (Å²) >= 11 is 0. The second-order valence-corrected chi connectivity index (χ2v) is 11.9. The number of anilines is 2. The van der Waals surface area contributed by atoms with Crippen molar-refractivity contribution in [3.8, 4) is 11.3 Å². The predicted octanol–water partition coefficient (Wildman–Crippen LogP) is 4.15. The molecule has 192 valence electrons. The summed E-state index contributed by atoms with van der Waals surface area (Å²) < 4.78 is 29.3. The SMILES string of the molecule is CCCS(=O)(=O)Nc1ccc(-c2c(N)c3ccc(C(=O)N4CCN(C)CC4)cc3n2C2CCC2)cc1. The number of nitrogen functional groups attached to an aromatic ring is 1. The van der Waals surface area contributed by atoms with E-state index in [2.05, 4.69) is 21.2 Å². The number of benzene rings is 2. The lowest BCUT2D eigenvalue weighted by Crippen LogP contribution is -2.47. The lowest BCUT2D eigenvalue weighted by molar-refractivity contribution is 0.0664. The number of rotatable bonds is 7. The maximum absolute atomic E-state index is 13.3. The van der Waals surface area contributed by atoms with Crippen LogP contribution in [0.1, 0.15) is 49.0 Å². The van der Waals surface area contributed by atoms with Crippen molar-refractivity contribution in [2.45, 2.75) is 38.6 Å². The van der Waals surface area contributed by atoms with Crippen molar-refractivity contribution in [1.82, 2.24) is 14.4 Å². The number of likely N-dealkylation sites (N-methyl/N-ethyl adjacent to an activating group) is 1. The molecule has 2 aromatic carbocycles. The summed E-state index contributed by atoms with van der Waals surface area (Å²) in [6.07, 6.45) is 3.87. The highest BCUT2D eigenvalue weighted by molar-refractivity contribution is 7.92. The first-order valence-electron chi connectivity index (χ1n) is 12.8. The standard InChI is InChI=1S/C27H35N5O3S/c1-3-17-36(34,35)29-21-10-7-19(8-11-21)26-25(28)23-12-9-20(18-24(23)32(26)22-5-4-6-22)27(33)31-15-13-30(2)14-16-31/h7-12,18,22,29H,3-6,13-17,28H2,1-2H3. The van der Waals surface area contributed by atoms with E-state index in [-0.39, 0.29) is 11.7 Å². The number of hydrogen-bond donors (Lipinski definition) is 2. The number of carbonyl (C=O) groups is 1. The van der Waals surface area contributed by atoms with Gasteiger partial charge in [-0.25, -0.2) is 8.42 Å². The average Bonchev–Trinajstić information content (AvgIpc) is 3.10. The van der Waals surface area contributed by atoms with E-state index in [0.717, 1.165) is 61.2 Å². The number of nitrogens with zero attached hydrogens (tertiary/aromatic N) is 3. The van der Waals surface area contributed by atoms with Crippen LogP contribution in [0.5, 0.6) is 0 Å². The maximum atomic E-state index is 13.3. The molecule has 2 heterocycles. The van der Waals surface area contributed by atoms with Crippen LogP contribution in [0.3, 0.4) is 0 Å². The summed E-state index contributed by atoms with van der Waals surface area (Å²) in [5.41, 5.74) is 11.5. The molecule has 0 bridgehead atoms. The lowest BCUT2D eigenvalue weighted by Gasteiger charge is -2.32. The van der Waals surface area contributed by atoms with Crippen LogP contribution in [0, 0.1) is 0 Å². The molecule has 0 unspecified atom stereocenters. The van der Waals surface area contributed by atoms with Gasteiger partial charge < -0.3 is 20.1 Å². The average molecular weight is 510 g/mol. The third-order valence-corrected chi connectivity index (χ3v) is 8.92. The molecule has 2 aliphatic rings. The lowest BCUT2D eigenvalue weighted by atomic mass is 9.92. The van der Waals surface area contributed by atoms with Gasteiger partial charge in [-0.2, -0.15) is 0 Å². The van der Waals surface area contributed by atoms with Crippen molar-refractivity contribution in [2.75, 3.05) is 49.4 Å². The highest BCUT2D eigenvalue weighted by Crippen LogP contribution is 2.44. The molecule has 1 saturated carbocycles. The maximum Gasteiger partial charge on any atom is 0.254 e. The Morgan fingerprint density at radius 1 is 1.06 bits per heavy atom. The third-order valence-electron chi connectivity index (χ3n) is 7.43. The molecule has 1 aliphatic heterocycles. The van der Waals surface area contributed by atoms with Crippen LogP contribution < -0.4 is 10.5 Å². The molecule has 0 atom stereocenters. The van der Waals surface area contributed by atoms with Gasteiger partial charge in [0.25, 0.3) is 5.91 Å². The molecule has 5 rings (SSSR count). The number of hydrogen-bond acceptors (Lipinski definition) is 5. The smallest absolute Gasteiger partial charge is 0.254 e. The Hall–Kier alpha value is -3.04. The Balaban J connectivity index is 1.52. The van der Waals surface area contributed by atoms with Crippen LogP contribution in [-0.4, -0.2) is 67.7 Å². The van der Waals surface area contributed by atoms with Crippen molar-refractivity contribution in [1.29, 1.82) is 0 Å². The zero-order chi connectivity index (χ0) is 25.4. The van der Waals surface area contributed by atoms with Gasteiger partial charge in [-0.15, -0.1) is 0 Å². The van der Waals surface area contributed by atoms with Crippen LogP contribution in [0.25, 0.3) is 22.2 Å². The van der Waals surface area contributed by atoms with E-state index in [1.165, 1.54) is 6.42 Å². The monoisotopic (exact) mass is 509 g/mol. The van der Waals surface area contributed by atoms with Crippen molar-refractivity contribution >= 4 is 38.2 Å². The fourth-order valence-corrected chi connectivity index (χ4v) is 6.31. The molecular weight excluding hydrogens is 474 g/mol. The van der Waals surface area contributed by atoms with Gasteiger partial charge in [0.2, 0.25) is 10.0 Å². The Bertz CT molecular complexity index is 1370. The molecule has 9 heteroatoms. The molecule has 1 saturated heterocycles. The van der Waals surface area contributed by atoms with Crippen LogP contribution in [0.4, 0.5) is 11.4 Å². The number of amides is 1. The van der Waals surface area contributed by atoms with Crippen molar-refractivity contribution < 1.29 is 13.2 Å². The zero-order valence-corrected chi connectivity index (χ0v) is 21.9. The van der Waals surface area contributed by atoms with Crippen LogP contribution >= 0.6 is 0 Å². The largest absolute Gasteiger partial charge is 0.396 e. The van der Waals surface area contributed by atoms with Crippen LogP contribution in [0.2, 0.25) is 0 Å². The minimum absolute atomic E-state index is 0.0650. The van der Waals surface area contributed by atoms with Gasteiger partial charge >= 0.3 is 0 Å². The van der Waals surface area contributed by atoms with E-state index in [1.54, 1.807) is 12.1 Å². The number of sulfonamides is 1. The number of aromatic nitrogens is 1. The van der Waals surface area contributed by atoms with Crippen LogP contribution in [0.15, 0.2) is 42.5 Å². The number of nitrogens with one attached hydrogen (secondary N) is 1. The van der Waals surface area contributed by atoms with Gasteiger partial charge in [-0.3, -0.25) is 9.52 Å². The molecule has 8 nitrogen and oxygen atoms in total. The van der Waals surface area contributed by atoms with Crippen molar-refractivity contribution in [2.24, 2.45) is 0 Å². The van der Waals surface area contributed by atoms with Gasteiger partial charge in [0.15, 0.2) is 0 Å². The Kier molecular flexibility index (Phi) is 6.70. The summed E-state index contributed by atoms with van der Waals surface area (Å²) in [6, 6.07) is 13.6. The van der Waals surface area contributed by atoms with Crippen LogP contribution in [-0.2, 0) is 10.0 Å². The molecular formula is C27H35N5O3S. The molecule has 0 spiro atoms. The second-order valence-electron chi connectivity index (χ2n) is 10.0. The molecule has 1 amide bonds. The molecule has 2 fully saturated rings.